The van der Waals surface area contributed by atoms with Gasteiger partial charge in [-0.3, -0.25) is 4.84 Å². The lowest BCUT2D eigenvalue weighted by molar-refractivity contribution is -0.149. The number of amides is 1. The summed E-state index contributed by atoms with van der Waals surface area (Å²) in [5.74, 6) is 1.29. The Hall–Kier alpha value is -3.92. The van der Waals surface area contributed by atoms with E-state index in [-0.39, 0.29) is 30.6 Å². The van der Waals surface area contributed by atoms with Gasteiger partial charge in [-0.25, -0.2) is 13.2 Å². The average molecular weight is 713 g/mol. The molecule has 2 fully saturated rings. The number of sulfonamides is 1. The van der Waals surface area contributed by atoms with Crippen LogP contribution in [0.25, 0.3) is 0 Å². The molecule has 0 bridgehead atoms. The number of carbonyl (C=O) groups excluding carboxylic acids is 1. The maximum absolute atomic E-state index is 14.0. The fourth-order valence-corrected chi connectivity index (χ4v) is 7.42. The Kier molecular flexibility index (Phi) is 11.8. The summed E-state index contributed by atoms with van der Waals surface area (Å²) in [4.78, 5) is 19.2. The van der Waals surface area contributed by atoms with Crippen LogP contribution in [0.3, 0.4) is 0 Å². The summed E-state index contributed by atoms with van der Waals surface area (Å²) in [5.41, 5.74) is 1.79. The molecule has 3 heterocycles. The van der Waals surface area contributed by atoms with Crippen LogP contribution in [0.1, 0.15) is 44.2 Å². The van der Waals surface area contributed by atoms with E-state index < -0.39 is 53.3 Å². The predicted molar refractivity (Wildman–Crippen MR) is 180 cm³/mol. The number of nitrogens with zero attached hydrogens (tertiary/aromatic N) is 1. The van der Waals surface area contributed by atoms with E-state index in [2.05, 4.69) is 5.32 Å². The highest BCUT2D eigenvalue weighted by atomic mass is 32.2. The van der Waals surface area contributed by atoms with Crippen LogP contribution in [-0.4, -0.2) is 81.3 Å². The van der Waals surface area contributed by atoms with Crippen molar-refractivity contribution in [2.45, 2.75) is 81.7 Å². The van der Waals surface area contributed by atoms with Gasteiger partial charge in [0.15, 0.2) is 17.8 Å². The Balaban J connectivity index is 1.20. The molecule has 0 spiro atoms. The Labute approximate surface area is 292 Å². The molecule has 2 saturated heterocycles. The van der Waals surface area contributed by atoms with Gasteiger partial charge in [-0.05, 0) is 61.1 Å². The van der Waals surface area contributed by atoms with Gasteiger partial charge in [0.25, 0.3) is 10.0 Å². The van der Waals surface area contributed by atoms with Crippen molar-refractivity contribution in [2.75, 3.05) is 26.6 Å². The van der Waals surface area contributed by atoms with Gasteiger partial charge >= 0.3 is 6.09 Å². The van der Waals surface area contributed by atoms with Crippen LogP contribution in [0.2, 0.25) is 0 Å². The molecule has 50 heavy (non-hydrogen) atoms. The molecule has 2 N–H and O–H groups in total. The number of nitrogens with one attached hydrogen (secondary N) is 1. The number of fused-ring (bicyclic) bond motifs is 2. The second kappa shape index (κ2) is 16.4. The van der Waals surface area contributed by atoms with E-state index in [1.165, 1.54) is 18.2 Å². The van der Waals surface area contributed by atoms with E-state index in [1.54, 1.807) is 0 Å². The largest absolute Gasteiger partial charge is 0.489 e. The van der Waals surface area contributed by atoms with Crippen molar-refractivity contribution in [1.29, 1.82) is 0 Å². The number of rotatable bonds is 16. The van der Waals surface area contributed by atoms with Gasteiger partial charge in [0, 0.05) is 6.07 Å². The first-order chi connectivity index (χ1) is 24.2. The monoisotopic (exact) mass is 712 g/mol. The van der Waals surface area contributed by atoms with Crippen LogP contribution in [0.5, 0.6) is 17.2 Å². The first-order valence-corrected chi connectivity index (χ1v) is 18.4. The number of aliphatic hydroxyl groups excluding tert-OH is 1. The Morgan fingerprint density at radius 3 is 2.50 bits per heavy atom. The number of hydroxylamine groups is 1. The van der Waals surface area contributed by atoms with Crippen molar-refractivity contribution in [1.82, 2.24) is 9.79 Å². The van der Waals surface area contributed by atoms with Crippen molar-refractivity contribution >= 4 is 16.1 Å². The van der Waals surface area contributed by atoms with E-state index >= 15 is 0 Å². The van der Waals surface area contributed by atoms with Gasteiger partial charge in [-0.1, -0.05) is 60.8 Å². The van der Waals surface area contributed by atoms with E-state index in [0.29, 0.717) is 49.7 Å². The third kappa shape index (κ3) is 8.68. The molecule has 3 unspecified atom stereocenters. The summed E-state index contributed by atoms with van der Waals surface area (Å²) in [5, 5.41) is 14.5. The summed E-state index contributed by atoms with van der Waals surface area (Å²) >= 11 is 0. The van der Waals surface area contributed by atoms with Gasteiger partial charge in [0.1, 0.15) is 18.5 Å². The van der Waals surface area contributed by atoms with Gasteiger partial charge < -0.3 is 38.8 Å². The predicted octanol–water partition coefficient (Wildman–Crippen LogP) is 4.57. The zero-order chi connectivity index (χ0) is 35.1. The maximum atomic E-state index is 14.0. The van der Waals surface area contributed by atoms with Crippen LogP contribution >= 0.6 is 0 Å². The van der Waals surface area contributed by atoms with Crippen LogP contribution in [0.15, 0.2) is 77.7 Å². The number of hydrogen-bond acceptors (Lipinski definition) is 11. The van der Waals surface area contributed by atoms with E-state index in [1.807, 2.05) is 68.4 Å². The van der Waals surface area contributed by atoms with Crippen LogP contribution in [0, 0.1) is 5.92 Å². The van der Waals surface area contributed by atoms with Crippen LogP contribution < -0.4 is 19.5 Å². The molecule has 0 aliphatic carbocycles. The summed E-state index contributed by atoms with van der Waals surface area (Å²) in [6.45, 7) is 4.39. The molecule has 3 aromatic rings. The molecule has 0 saturated carbocycles. The number of aliphatic hydroxyl groups is 1. The summed E-state index contributed by atoms with van der Waals surface area (Å²) < 4.78 is 62.4. The molecule has 6 rings (SSSR count). The lowest BCUT2D eigenvalue weighted by atomic mass is 10.0. The standard InChI is InChI=1S/C36H44N2O11S/c1-3-26(4-2)49-38(50(41,42)28-14-15-32-33(19-28)47-23-46-32)20-31(39)30(37-36(40)48-34-22-45-35-29(34)16-17-43-35)18-24-10-12-27(13-11-24)44-21-25-8-6-5-7-9-25/h5-15,19,26,29-31,34-35,39H,3-4,16-18,20-23H2,1-2H3,(H,37,40)/t29?,30-,31+,34?,35?/m0/s1. The molecule has 3 aliphatic rings. The Bertz CT molecular complexity index is 1670. The second-order valence-electron chi connectivity index (χ2n) is 12.5. The molecule has 13 nitrogen and oxygen atoms in total. The van der Waals surface area contributed by atoms with Gasteiger partial charge in [0.05, 0.1) is 48.8 Å². The summed E-state index contributed by atoms with van der Waals surface area (Å²) in [6.07, 6.45) is -1.64. The minimum absolute atomic E-state index is 0.0174. The lowest BCUT2D eigenvalue weighted by Crippen LogP contribution is -2.51. The van der Waals surface area contributed by atoms with Crippen LogP contribution in [0.4, 0.5) is 4.79 Å². The lowest BCUT2D eigenvalue weighted by Gasteiger charge is -2.31. The van der Waals surface area contributed by atoms with E-state index in [0.717, 1.165) is 15.6 Å². The SMILES string of the molecule is CCC(CC)ON(C[C@@H](O)[C@H](Cc1ccc(OCc2ccccc2)cc1)NC(=O)OC1COC2OCCC12)S(=O)(=O)c1ccc2c(c1)OCO2. The molecule has 14 heteroatoms. The highest BCUT2D eigenvalue weighted by molar-refractivity contribution is 7.89. The molecule has 3 aliphatic heterocycles. The molecule has 3 aromatic carbocycles. The van der Waals surface area contributed by atoms with Crippen LogP contribution in [-0.2, 0) is 42.1 Å². The van der Waals surface area contributed by atoms with Crippen molar-refractivity contribution in [3.8, 4) is 17.2 Å². The zero-order valence-electron chi connectivity index (χ0n) is 28.1. The Morgan fingerprint density at radius 1 is 0.980 bits per heavy atom. The van der Waals surface area contributed by atoms with Crippen molar-refractivity contribution < 1.29 is 51.6 Å². The number of ether oxygens (including phenoxy) is 6. The summed E-state index contributed by atoms with van der Waals surface area (Å²) in [7, 11) is -4.31. The van der Waals surface area contributed by atoms with E-state index in [9.17, 15) is 18.3 Å². The topological polar surface area (TPSA) is 151 Å². The normalized spacial score (nSPS) is 20.9. The molecular formula is C36H44N2O11S. The highest BCUT2D eigenvalue weighted by Gasteiger charge is 2.44. The third-order valence-electron chi connectivity index (χ3n) is 9.06. The fraction of sp³-hybridized carbons (Fsp3) is 0.472. The number of hydrogen-bond donors (Lipinski definition) is 2. The van der Waals surface area contributed by atoms with Gasteiger partial charge in [0.2, 0.25) is 6.79 Å². The second-order valence-corrected chi connectivity index (χ2v) is 14.3. The third-order valence-corrected chi connectivity index (χ3v) is 10.7. The first-order valence-electron chi connectivity index (χ1n) is 17.0. The average Bonchev–Trinajstić information content (AvgIpc) is 3.89. The first kappa shape index (κ1) is 35.9. The molecule has 0 radical (unpaired) electrons. The van der Waals surface area contributed by atoms with Gasteiger partial charge in [-0.2, -0.15) is 0 Å². The molecule has 0 aromatic heterocycles. The minimum atomic E-state index is -4.31. The molecular weight excluding hydrogens is 668 g/mol. The van der Waals surface area contributed by atoms with Crippen molar-refractivity contribution in [2.24, 2.45) is 5.92 Å². The highest BCUT2D eigenvalue weighted by Crippen LogP contribution is 2.35. The minimum Gasteiger partial charge on any atom is -0.489 e. The zero-order valence-corrected chi connectivity index (χ0v) is 29.0. The smallest absolute Gasteiger partial charge is 0.407 e. The number of benzene rings is 3. The molecule has 1 amide bonds. The maximum Gasteiger partial charge on any atom is 0.407 e. The van der Waals surface area contributed by atoms with Crippen molar-refractivity contribution in [3.63, 3.8) is 0 Å². The molecule has 5 atom stereocenters. The van der Waals surface area contributed by atoms with E-state index in [4.69, 9.17) is 33.3 Å². The fourth-order valence-electron chi connectivity index (χ4n) is 6.11. The number of alkyl carbamates (subject to hydrolysis) is 1. The quantitative estimate of drug-likeness (QED) is 0.201. The molecule has 270 valence electrons. The Morgan fingerprint density at radius 2 is 1.74 bits per heavy atom. The van der Waals surface area contributed by atoms with Crippen molar-refractivity contribution in [3.05, 3.63) is 83.9 Å². The van der Waals surface area contributed by atoms with Gasteiger partial charge in [-0.15, -0.1) is 0 Å². The summed E-state index contributed by atoms with van der Waals surface area (Å²) in [6, 6.07) is 20.4. The number of carbonyl (C=O) groups is 1.